The van der Waals surface area contributed by atoms with Crippen LogP contribution in [0.25, 0.3) is 66.1 Å². The fourth-order valence-electron chi connectivity index (χ4n) is 7.59. The van der Waals surface area contributed by atoms with E-state index in [1.54, 1.807) is 0 Å². The molecule has 0 radical (unpaired) electrons. The van der Waals surface area contributed by atoms with Gasteiger partial charge in [0.25, 0.3) is 0 Å². The van der Waals surface area contributed by atoms with Gasteiger partial charge in [-0.1, -0.05) is 127 Å². The molecule has 2 heterocycles. The zero-order chi connectivity index (χ0) is 34.4. The molecule has 2 aliphatic rings. The summed E-state index contributed by atoms with van der Waals surface area (Å²) in [6.45, 7) is 0. The smallest absolute Gasteiger partial charge is 0.0541 e. The topological polar surface area (TPSA) is 9.86 Å². The maximum atomic E-state index is 3.47. The van der Waals surface area contributed by atoms with Crippen LogP contribution in [0.3, 0.4) is 0 Å². The number of para-hydroxylation sites is 4. The highest BCUT2D eigenvalue weighted by Crippen LogP contribution is 2.34. The van der Waals surface area contributed by atoms with Gasteiger partial charge in [0.2, 0.25) is 0 Å². The molecule has 0 amide bonds. The molecule has 10 rings (SSSR count). The van der Waals surface area contributed by atoms with Crippen LogP contribution in [0.4, 0.5) is 0 Å². The summed E-state index contributed by atoms with van der Waals surface area (Å²) in [7, 11) is 0. The van der Waals surface area contributed by atoms with E-state index in [2.05, 4.69) is 215 Å². The molecule has 0 bridgehead atoms. The number of benzene rings is 6. The molecule has 0 saturated carbocycles. The van der Waals surface area contributed by atoms with Crippen molar-refractivity contribution in [3.8, 4) is 46.2 Å². The molecule has 240 valence electrons. The maximum Gasteiger partial charge on any atom is 0.0541 e. The van der Waals surface area contributed by atoms with Gasteiger partial charge in [0.15, 0.2) is 0 Å². The lowest BCUT2D eigenvalue weighted by Crippen LogP contribution is -1.93. The fraction of sp³-hybridized carbons (Fsp3) is 0. The van der Waals surface area contributed by atoms with Crippen molar-refractivity contribution in [1.29, 1.82) is 0 Å². The molecule has 0 fully saturated rings. The summed E-state index contributed by atoms with van der Waals surface area (Å²) < 4.78 is 4.66. The van der Waals surface area contributed by atoms with Crippen LogP contribution in [0.2, 0.25) is 0 Å². The van der Waals surface area contributed by atoms with E-state index < -0.39 is 0 Å². The first-order valence-corrected chi connectivity index (χ1v) is 17.5. The zero-order valence-electron chi connectivity index (χ0n) is 28.2. The maximum absolute atomic E-state index is 3.47. The second-order valence-electron chi connectivity index (χ2n) is 13.0. The van der Waals surface area contributed by atoms with Crippen LogP contribution in [0.1, 0.15) is 22.3 Å². The minimum absolute atomic E-state index is 0.968. The Balaban J connectivity index is 0.964. The van der Waals surface area contributed by atoms with Gasteiger partial charge >= 0.3 is 0 Å². The van der Waals surface area contributed by atoms with E-state index >= 15 is 0 Å². The van der Waals surface area contributed by atoms with E-state index in [9.17, 15) is 0 Å². The molecule has 6 aromatic carbocycles. The van der Waals surface area contributed by atoms with Gasteiger partial charge in [0.05, 0.1) is 22.1 Å². The second kappa shape index (κ2) is 12.3. The van der Waals surface area contributed by atoms with E-state index in [-0.39, 0.29) is 0 Å². The van der Waals surface area contributed by atoms with Gasteiger partial charge in [-0.3, -0.25) is 0 Å². The van der Waals surface area contributed by atoms with Gasteiger partial charge in [-0.05, 0) is 90.0 Å². The average molecular weight is 659 g/mol. The number of hydrogen-bond acceptors (Lipinski definition) is 0. The quantitative estimate of drug-likeness (QED) is 0.164. The normalized spacial score (nSPS) is 11.2. The molecule has 52 heavy (non-hydrogen) atoms. The number of nitrogens with zero attached hydrogens (tertiary/aromatic N) is 2. The molecule has 2 aromatic heterocycles. The number of fused-ring (bicyclic) bond motifs is 7. The third-order valence-electron chi connectivity index (χ3n) is 10.0. The van der Waals surface area contributed by atoms with Crippen LogP contribution < -0.4 is 0 Å². The number of hydrogen-bond donors (Lipinski definition) is 0. The van der Waals surface area contributed by atoms with Crippen LogP contribution >= 0.6 is 0 Å². The van der Waals surface area contributed by atoms with Crippen LogP contribution in [0, 0.1) is 23.7 Å². The van der Waals surface area contributed by atoms with E-state index in [4.69, 9.17) is 0 Å². The fourth-order valence-corrected chi connectivity index (χ4v) is 7.59. The number of rotatable bonds is 2. The Labute approximate surface area is 302 Å². The Kier molecular flexibility index (Phi) is 6.99. The van der Waals surface area contributed by atoms with Gasteiger partial charge in [-0.15, -0.1) is 0 Å². The summed E-state index contributed by atoms with van der Waals surface area (Å²) in [5, 5.41) is 5.03. The lowest BCUT2D eigenvalue weighted by molar-refractivity contribution is 1.18. The van der Waals surface area contributed by atoms with Gasteiger partial charge in [0, 0.05) is 55.2 Å². The monoisotopic (exact) mass is 658 g/mol. The first-order chi connectivity index (χ1) is 25.8. The minimum Gasteiger partial charge on any atom is -0.309 e. The molecule has 0 unspecified atom stereocenters. The Hall–Kier alpha value is -7.26. The van der Waals surface area contributed by atoms with Gasteiger partial charge in [0.1, 0.15) is 0 Å². The summed E-state index contributed by atoms with van der Waals surface area (Å²) >= 11 is 0. The van der Waals surface area contributed by atoms with Gasteiger partial charge < -0.3 is 9.13 Å². The van der Waals surface area contributed by atoms with E-state index in [0.717, 1.165) is 44.8 Å². The zero-order valence-corrected chi connectivity index (χ0v) is 28.2. The Morgan fingerprint density at radius 1 is 0.288 bits per heavy atom. The van der Waals surface area contributed by atoms with E-state index in [1.807, 2.05) is 0 Å². The summed E-state index contributed by atoms with van der Waals surface area (Å²) in [5.74, 6) is 13.8. The third-order valence-corrected chi connectivity index (χ3v) is 10.0. The molecule has 2 aliphatic carbocycles. The highest BCUT2D eigenvalue weighted by Gasteiger charge is 2.14. The molecule has 0 spiro atoms. The molecule has 0 N–H and O–H groups in total. The first kappa shape index (κ1) is 29.6. The molecular formula is C50H30N2. The molecule has 2 nitrogen and oxygen atoms in total. The lowest BCUT2D eigenvalue weighted by atomic mass is 10.1. The van der Waals surface area contributed by atoms with Crippen molar-refractivity contribution < 1.29 is 0 Å². The molecular weight excluding hydrogens is 629 g/mol. The summed E-state index contributed by atoms with van der Waals surface area (Å²) in [6.07, 6.45) is 0. The summed E-state index contributed by atoms with van der Waals surface area (Å²) in [4.78, 5) is 0. The molecule has 0 aliphatic heterocycles. The lowest BCUT2D eigenvalue weighted by Gasteiger charge is -2.07. The molecule has 8 aromatic rings. The summed E-state index contributed by atoms with van der Waals surface area (Å²) in [5.41, 5.74) is 13.1. The third kappa shape index (κ3) is 4.94. The highest BCUT2D eigenvalue weighted by molar-refractivity contribution is 6.10. The van der Waals surface area contributed by atoms with E-state index in [0.29, 0.717) is 0 Å². The Morgan fingerprint density at radius 3 is 0.981 bits per heavy atom. The summed E-state index contributed by atoms with van der Waals surface area (Å²) in [6, 6.07) is 64.0. The van der Waals surface area contributed by atoms with Crippen molar-refractivity contribution in [2.24, 2.45) is 0 Å². The van der Waals surface area contributed by atoms with Crippen molar-refractivity contribution >= 4 is 43.6 Å². The van der Waals surface area contributed by atoms with Crippen molar-refractivity contribution in [1.82, 2.24) is 9.13 Å². The van der Waals surface area contributed by atoms with Crippen LogP contribution in [0.5, 0.6) is 0 Å². The number of aromatic nitrogens is 2. The SMILES string of the molecule is C(#Cc1cc(C#Cc2ccc(-n3c4ccccc4c4ccccc43)cc2)c2cccccc1-2)c1ccc(-n2c3ccccc3c3ccccc32)cc1. The minimum atomic E-state index is 0.968. The van der Waals surface area contributed by atoms with Crippen molar-refractivity contribution in [3.05, 3.63) is 204 Å². The van der Waals surface area contributed by atoms with Gasteiger partial charge in [-0.25, -0.2) is 0 Å². The highest BCUT2D eigenvalue weighted by atomic mass is 15.0. The first-order valence-electron chi connectivity index (χ1n) is 17.5. The molecule has 2 heteroatoms. The van der Waals surface area contributed by atoms with Crippen LogP contribution in [0.15, 0.2) is 182 Å². The molecule has 0 atom stereocenters. The van der Waals surface area contributed by atoms with Crippen LogP contribution in [-0.2, 0) is 0 Å². The predicted molar refractivity (Wildman–Crippen MR) is 217 cm³/mol. The van der Waals surface area contributed by atoms with Crippen molar-refractivity contribution in [2.45, 2.75) is 0 Å². The van der Waals surface area contributed by atoms with Crippen molar-refractivity contribution in [2.75, 3.05) is 0 Å². The molecule has 0 saturated heterocycles. The van der Waals surface area contributed by atoms with Gasteiger partial charge in [-0.2, -0.15) is 0 Å². The van der Waals surface area contributed by atoms with Crippen molar-refractivity contribution in [3.63, 3.8) is 0 Å². The largest absolute Gasteiger partial charge is 0.309 e. The Morgan fingerprint density at radius 2 is 0.615 bits per heavy atom. The second-order valence-corrected chi connectivity index (χ2v) is 13.0. The average Bonchev–Trinajstić information content (AvgIpc) is 3.76. The standard InChI is InChI=1S/C50H30N2/c1-2-12-41-37(28-22-35-24-30-39(31-25-35)51-47-18-8-4-14-43(47)44-15-5-9-19-48(44)51)34-38(42(41)13-3-1)29-23-36-26-32-40(33-27-36)52-49-20-10-6-16-45(49)46-17-7-11-21-50(46)52/h1-21,24-27,30-34H. The Bertz CT molecular complexity index is 2740. The predicted octanol–water partition coefficient (Wildman–Crippen LogP) is 11.8. The van der Waals surface area contributed by atoms with E-state index in [1.165, 1.54) is 43.6 Å². The van der Waals surface area contributed by atoms with Crippen LogP contribution in [-0.4, -0.2) is 9.13 Å².